The second-order valence-electron chi connectivity index (χ2n) is 4.69. The van der Waals surface area contributed by atoms with Gasteiger partial charge < -0.3 is 14.7 Å². The van der Waals surface area contributed by atoms with Gasteiger partial charge in [-0.25, -0.2) is 9.78 Å². The molecule has 0 aliphatic rings. The van der Waals surface area contributed by atoms with Crippen molar-refractivity contribution in [3.63, 3.8) is 0 Å². The van der Waals surface area contributed by atoms with E-state index in [2.05, 4.69) is 28.8 Å². The fraction of sp³-hybridized carbons (Fsp3) is 0.500. The number of likely N-dealkylation sites (N-methyl/N-ethyl adjacent to an activating group) is 1. The first-order chi connectivity index (χ1) is 10.1. The first kappa shape index (κ1) is 15.2. The lowest BCUT2D eigenvalue weighted by Gasteiger charge is -2.18. The molecule has 0 atom stereocenters. The Bertz CT molecular complexity index is 634. The normalized spacial score (nSPS) is 11.2. The molecule has 114 valence electrons. The van der Waals surface area contributed by atoms with Crippen LogP contribution in [0.15, 0.2) is 12.4 Å². The topological polar surface area (TPSA) is 80.5 Å². The Hall–Kier alpha value is -2.15. The molecule has 0 aliphatic heterocycles. The average molecular weight is 292 g/mol. The number of aromatic carboxylic acids is 1. The van der Waals surface area contributed by atoms with Gasteiger partial charge in [0.25, 0.3) is 0 Å². The minimum Gasteiger partial charge on any atom is -0.490 e. The molecule has 0 bridgehead atoms. The molecule has 0 radical (unpaired) electrons. The van der Waals surface area contributed by atoms with Gasteiger partial charge in [-0.05, 0) is 13.1 Å². The largest absolute Gasteiger partial charge is 0.490 e. The fourth-order valence-electron chi connectivity index (χ4n) is 2.20. The van der Waals surface area contributed by atoms with Crippen LogP contribution < -0.4 is 4.74 Å². The molecular weight excluding hydrogens is 272 g/mol. The van der Waals surface area contributed by atoms with Crippen LogP contribution in [0.1, 0.15) is 24.2 Å². The van der Waals surface area contributed by atoms with E-state index in [-0.39, 0.29) is 5.56 Å². The summed E-state index contributed by atoms with van der Waals surface area (Å²) in [6.07, 6.45) is 2.90. The zero-order valence-electron chi connectivity index (χ0n) is 12.5. The predicted octanol–water partition coefficient (Wildman–Crippen LogP) is 1.39. The summed E-state index contributed by atoms with van der Waals surface area (Å²) in [5.41, 5.74) is 0.674. The molecule has 0 fully saturated rings. The third-order valence-electron chi connectivity index (χ3n) is 3.49. The van der Waals surface area contributed by atoms with Gasteiger partial charge in [-0.15, -0.1) is 0 Å². The van der Waals surface area contributed by atoms with E-state index in [4.69, 9.17) is 4.74 Å². The molecule has 7 heteroatoms. The Labute approximate surface area is 123 Å². The van der Waals surface area contributed by atoms with E-state index >= 15 is 0 Å². The molecule has 0 aliphatic carbocycles. The minimum atomic E-state index is -1.05. The molecular formula is C14H20N4O3. The van der Waals surface area contributed by atoms with Gasteiger partial charge >= 0.3 is 5.97 Å². The molecule has 2 aromatic rings. The quantitative estimate of drug-likeness (QED) is 0.830. The summed E-state index contributed by atoms with van der Waals surface area (Å²) >= 11 is 0. The van der Waals surface area contributed by atoms with Gasteiger partial charge in [0, 0.05) is 19.8 Å². The first-order valence-corrected chi connectivity index (χ1v) is 6.97. The average Bonchev–Trinajstić information content (AvgIpc) is 2.85. The maximum absolute atomic E-state index is 11.3. The number of carboxylic acid groups (broad SMARTS) is 1. The zero-order valence-corrected chi connectivity index (χ0v) is 12.5. The highest BCUT2D eigenvalue weighted by atomic mass is 16.5. The summed E-state index contributed by atoms with van der Waals surface area (Å²) in [4.78, 5) is 17.7. The zero-order chi connectivity index (χ0) is 15.4. The number of pyridine rings is 1. The SMILES string of the molecule is CCN(CC)CCOc1c(C(=O)O)cnc2c1cnn2C. The minimum absolute atomic E-state index is 0.0649. The van der Waals surface area contributed by atoms with Crippen molar-refractivity contribution in [2.75, 3.05) is 26.2 Å². The van der Waals surface area contributed by atoms with E-state index in [1.807, 2.05) is 0 Å². The van der Waals surface area contributed by atoms with Gasteiger partial charge in [0.15, 0.2) is 5.65 Å². The Morgan fingerprint density at radius 3 is 2.71 bits per heavy atom. The first-order valence-electron chi connectivity index (χ1n) is 6.97. The predicted molar refractivity (Wildman–Crippen MR) is 78.8 cm³/mol. The summed E-state index contributed by atoms with van der Waals surface area (Å²) < 4.78 is 7.34. The van der Waals surface area contributed by atoms with Crippen molar-refractivity contribution in [2.24, 2.45) is 7.05 Å². The van der Waals surface area contributed by atoms with Crippen molar-refractivity contribution in [3.05, 3.63) is 18.0 Å². The maximum atomic E-state index is 11.3. The second-order valence-corrected chi connectivity index (χ2v) is 4.69. The van der Waals surface area contributed by atoms with Crippen LogP contribution >= 0.6 is 0 Å². The highest BCUT2D eigenvalue weighted by Gasteiger charge is 2.18. The maximum Gasteiger partial charge on any atom is 0.341 e. The van der Waals surface area contributed by atoms with Crippen LogP contribution in [0.5, 0.6) is 5.75 Å². The van der Waals surface area contributed by atoms with Gasteiger partial charge in [0.05, 0.1) is 11.6 Å². The molecule has 0 amide bonds. The Morgan fingerprint density at radius 2 is 2.10 bits per heavy atom. The van der Waals surface area contributed by atoms with Gasteiger partial charge in [-0.1, -0.05) is 13.8 Å². The third kappa shape index (κ3) is 3.13. The van der Waals surface area contributed by atoms with Gasteiger partial charge in [-0.3, -0.25) is 4.68 Å². The van der Waals surface area contributed by atoms with Crippen molar-refractivity contribution in [2.45, 2.75) is 13.8 Å². The number of aryl methyl sites for hydroxylation is 1. The standard InChI is InChI=1S/C14H20N4O3/c1-4-18(5-2)6-7-21-12-10-9-16-17(3)13(10)15-8-11(12)14(19)20/h8-9H,4-7H2,1-3H3,(H,19,20). The summed E-state index contributed by atoms with van der Waals surface area (Å²) in [7, 11) is 1.76. The molecule has 0 spiro atoms. The van der Waals surface area contributed by atoms with E-state index in [1.54, 1.807) is 17.9 Å². The van der Waals surface area contributed by atoms with Crippen LogP contribution in [0.2, 0.25) is 0 Å². The van der Waals surface area contributed by atoms with E-state index in [9.17, 15) is 9.90 Å². The van der Waals surface area contributed by atoms with Crippen LogP contribution in [0.25, 0.3) is 11.0 Å². The van der Waals surface area contributed by atoms with E-state index in [0.29, 0.717) is 23.4 Å². The van der Waals surface area contributed by atoms with Crippen molar-refractivity contribution < 1.29 is 14.6 Å². The number of carboxylic acids is 1. The number of hydrogen-bond donors (Lipinski definition) is 1. The summed E-state index contributed by atoms with van der Waals surface area (Å²) in [5, 5.41) is 14.0. The van der Waals surface area contributed by atoms with E-state index in [0.717, 1.165) is 19.6 Å². The molecule has 0 aromatic carbocycles. The lowest BCUT2D eigenvalue weighted by Crippen LogP contribution is -2.28. The molecule has 0 unspecified atom stereocenters. The number of nitrogens with zero attached hydrogens (tertiary/aromatic N) is 4. The summed E-state index contributed by atoms with van der Waals surface area (Å²) in [5.74, 6) is -0.709. The van der Waals surface area contributed by atoms with Gasteiger partial charge in [-0.2, -0.15) is 5.10 Å². The number of ether oxygens (including phenoxy) is 1. The van der Waals surface area contributed by atoms with Crippen LogP contribution in [0.3, 0.4) is 0 Å². The highest BCUT2D eigenvalue weighted by Crippen LogP contribution is 2.28. The molecule has 7 nitrogen and oxygen atoms in total. The monoisotopic (exact) mass is 292 g/mol. The molecule has 0 saturated heterocycles. The number of carbonyl (C=O) groups is 1. The number of rotatable bonds is 7. The van der Waals surface area contributed by atoms with Crippen molar-refractivity contribution in [3.8, 4) is 5.75 Å². The number of hydrogen-bond acceptors (Lipinski definition) is 5. The number of aromatic nitrogens is 3. The Morgan fingerprint density at radius 1 is 1.38 bits per heavy atom. The van der Waals surface area contributed by atoms with E-state index in [1.165, 1.54) is 6.20 Å². The second kappa shape index (κ2) is 6.53. The molecule has 1 N–H and O–H groups in total. The summed E-state index contributed by atoms with van der Waals surface area (Å²) in [6.45, 7) is 7.20. The van der Waals surface area contributed by atoms with Crippen LogP contribution in [0, 0.1) is 0 Å². The molecule has 2 heterocycles. The van der Waals surface area contributed by atoms with Crippen LogP contribution in [0.4, 0.5) is 0 Å². The van der Waals surface area contributed by atoms with Crippen LogP contribution in [-0.4, -0.2) is 57.0 Å². The van der Waals surface area contributed by atoms with E-state index < -0.39 is 5.97 Å². The van der Waals surface area contributed by atoms with Gasteiger partial charge in [0.1, 0.15) is 17.9 Å². The number of fused-ring (bicyclic) bond motifs is 1. The molecule has 0 saturated carbocycles. The molecule has 21 heavy (non-hydrogen) atoms. The van der Waals surface area contributed by atoms with Crippen molar-refractivity contribution in [1.29, 1.82) is 0 Å². The third-order valence-corrected chi connectivity index (χ3v) is 3.49. The lowest BCUT2D eigenvalue weighted by molar-refractivity contribution is 0.0691. The molecule has 2 rings (SSSR count). The van der Waals surface area contributed by atoms with Crippen molar-refractivity contribution in [1.82, 2.24) is 19.7 Å². The fourth-order valence-corrected chi connectivity index (χ4v) is 2.20. The molecule has 2 aromatic heterocycles. The highest BCUT2D eigenvalue weighted by molar-refractivity contribution is 5.97. The Kier molecular flexibility index (Phi) is 4.74. The Balaban J connectivity index is 2.27. The van der Waals surface area contributed by atoms with Crippen LogP contribution in [-0.2, 0) is 7.05 Å². The summed E-state index contributed by atoms with van der Waals surface area (Å²) in [6, 6.07) is 0. The van der Waals surface area contributed by atoms with Crippen molar-refractivity contribution >= 4 is 17.0 Å². The van der Waals surface area contributed by atoms with Gasteiger partial charge in [0.2, 0.25) is 0 Å². The lowest BCUT2D eigenvalue weighted by atomic mass is 10.2. The smallest absolute Gasteiger partial charge is 0.341 e.